The molecule has 3 rings (SSSR count). The summed E-state index contributed by atoms with van der Waals surface area (Å²) in [7, 11) is 1.64. The number of hydrogen-bond donors (Lipinski definition) is 2. The smallest absolute Gasteiger partial charge is 0.233 e. The average molecular weight is 375 g/mol. The fourth-order valence-electron chi connectivity index (χ4n) is 3.03. The lowest BCUT2D eigenvalue weighted by molar-refractivity contribution is -0.120. The first-order valence-corrected chi connectivity index (χ1v) is 9.74. The molecule has 1 aromatic carbocycles. The molecule has 2 aromatic rings. The Morgan fingerprint density at radius 1 is 1.35 bits per heavy atom. The van der Waals surface area contributed by atoms with E-state index < -0.39 is 0 Å². The van der Waals surface area contributed by atoms with Gasteiger partial charge in [-0.2, -0.15) is 0 Å². The summed E-state index contributed by atoms with van der Waals surface area (Å²) < 4.78 is 6.63. The van der Waals surface area contributed by atoms with E-state index in [0.29, 0.717) is 23.4 Å². The van der Waals surface area contributed by atoms with Crippen molar-refractivity contribution in [1.29, 1.82) is 0 Å². The highest BCUT2D eigenvalue weighted by atomic mass is 32.2. The number of nitrogens with one attached hydrogen (secondary N) is 1. The Morgan fingerprint density at radius 3 is 2.69 bits per heavy atom. The predicted octanol–water partition coefficient (Wildman–Crippen LogP) is 2.13. The van der Waals surface area contributed by atoms with Crippen molar-refractivity contribution in [2.75, 3.05) is 13.0 Å². The van der Waals surface area contributed by atoms with Gasteiger partial charge in [-0.1, -0.05) is 36.7 Å². The molecule has 1 fully saturated rings. The standard InChI is InChI=1S/C18H25N5O2S/c1-12(17(24)20-14-5-3-4-6-14)26-18-22-21-16(23(18)19)11-13-7-9-15(25-2)10-8-13/h7-10,12,14H,3-6,11,19H2,1-2H3,(H,20,24)/t12-/m1/s1. The lowest BCUT2D eigenvalue weighted by Gasteiger charge is -2.15. The summed E-state index contributed by atoms with van der Waals surface area (Å²) in [6, 6.07) is 8.05. The van der Waals surface area contributed by atoms with E-state index in [4.69, 9.17) is 10.6 Å². The van der Waals surface area contributed by atoms with Gasteiger partial charge in [-0.15, -0.1) is 10.2 Å². The Bertz CT molecular complexity index is 741. The number of amides is 1. The lowest BCUT2D eigenvalue weighted by Crippen LogP contribution is -2.37. The van der Waals surface area contributed by atoms with Crippen molar-refractivity contribution in [2.45, 2.75) is 55.5 Å². The molecule has 1 aliphatic rings. The summed E-state index contributed by atoms with van der Waals surface area (Å²) in [6.45, 7) is 1.87. The number of nitrogens with two attached hydrogens (primary N) is 1. The van der Waals surface area contributed by atoms with E-state index in [1.165, 1.54) is 29.3 Å². The Hall–Kier alpha value is -2.22. The molecule has 7 nitrogen and oxygen atoms in total. The molecule has 1 heterocycles. The molecule has 0 spiro atoms. The number of benzene rings is 1. The van der Waals surface area contributed by atoms with Gasteiger partial charge in [0.2, 0.25) is 11.1 Å². The van der Waals surface area contributed by atoms with Crippen molar-refractivity contribution in [3.05, 3.63) is 35.7 Å². The van der Waals surface area contributed by atoms with Gasteiger partial charge in [0.1, 0.15) is 5.75 Å². The largest absolute Gasteiger partial charge is 0.497 e. The van der Waals surface area contributed by atoms with Crippen LogP contribution in [-0.4, -0.2) is 39.2 Å². The van der Waals surface area contributed by atoms with Crippen LogP contribution in [0.2, 0.25) is 0 Å². The van der Waals surface area contributed by atoms with Gasteiger partial charge in [-0.3, -0.25) is 4.79 Å². The number of methoxy groups -OCH3 is 1. The molecular weight excluding hydrogens is 350 g/mol. The second-order valence-corrected chi connectivity index (χ2v) is 7.85. The SMILES string of the molecule is COc1ccc(Cc2nnc(S[C@H](C)C(=O)NC3CCCC3)n2N)cc1. The van der Waals surface area contributed by atoms with Crippen molar-refractivity contribution < 1.29 is 9.53 Å². The average Bonchev–Trinajstić information content (AvgIpc) is 3.27. The fraction of sp³-hybridized carbons (Fsp3) is 0.500. The number of aromatic nitrogens is 3. The van der Waals surface area contributed by atoms with Crippen LogP contribution >= 0.6 is 11.8 Å². The zero-order valence-corrected chi connectivity index (χ0v) is 16.0. The second-order valence-electron chi connectivity index (χ2n) is 6.54. The van der Waals surface area contributed by atoms with Crippen LogP contribution < -0.4 is 15.9 Å². The Morgan fingerprint density at radius 2 is 2.04 bits per heavy atom. The summed E-state index contributed by atoms with van der Waals surface area (Å²) in [6.07, 6.45) is 5.09. The molecule has 1 aliphatic carbocycles. The van der Waals surface area contributed by atoms with Crippen molar-refractivity contribution in [3.63, 3.8) is 0 Å². The van der Waals surface area contributed by atoms with Gasteiger partial charge in [0.15, 0.2) is 5.82 Å². The number of carbonyl (C=O) groups excluding carboxylic acids is 1. The highest BCUT2D eigenvalue weighted by molar-refractivity contribution is 8.00. The molecule has 26 heavy (non-hydrogen) atoms. The number of hydrogen-bond acceptors (Lipinski definition) is 6. The van der Waals surface area contributed by atoms with E-state index in [1.807, 2.05) is 31.2 Å². The van der Waals surface area contributed by atoms with Crippen molar-refractivity contribution in [1.82, 2.24) is 20.2 Å². The third-order valence-electron chi connectivity index (χ3n) is 4.61. The molecule has 0 radical (unpaired) electrons. The molecule has 3 N–H and O–H groups in total. The Kier molecular flexibility index (Phi) is 6.03. The van der Waals surface area contributed by atoms with Crippen LogP contribution in [0.1, 0.15) is 44.0 Å². The van der Waals surface area contributed by atoms with Crippen LogP contribution in [0, 0.1) is 0 Å². The van der Waals surface area contributed by atoms with Crippen LogP contribution in [0.15, 0.2) is 29.4 Å². The molecule has 1 aromatic heterocycles. The third-order valence-corrected chi connectivity index (χ3v) is 5.67. The van der Waals surface area contributed by atoms with Gasteiger partial charge < -0.3 is 15.9 Å². The van der Waals surface area contributed by atoms with E-state index >= 15 is 0 Å². The minimum absolute atomic E-state index is 0.0293. The third kappa shape index (κ3) is 4.49. The topological polar surface area (TPSA) is 95.1 Å². The molecule has 0 saturated heterocycles. The van der Waals surface area contributed by atoms with Crippen molar-refractivity contribution in [2.24, 2.45) is 0 Å². The Balaban J connectivity index is 1.59. The van der Waals surface area contributed by atoms with E-state index in [1.54, 1.807) is 7.11 Å². The van der Waals surface area contributed by atoms with Crippen LogP contribution in [0.5, 0.6) is 5.75 Å². The van der Waals surface area contributed by atoms with E-state index in [2.05, 4.69) is 15.5 Å². The van der Waals surface area contributed by atoms with Gasteiger partial charge in [-0.25, -0.2) is 4.68 Å². The number of thioether (sulfide) groups is 1. The van der Waals surface area contributed by atoms with Crippen LogP contribution in [0.3, 0.4) is 0 Å². The van der Waals surface area contributed by atoms with Crippen LogP contribution in [0.4, 0.5) is 0 Å². The maximum absolute atomic E-state index is 12.3. The first-order chi connectivity index (χ1) is 12.6. The van der Waals surface area contributed by atoms with Crippen LogP contribution in [-0.2, 0) is 11.2 Å². The molecule has 140 valence electrons. The lowest BCUT2D eigenvalue weighted by atomic mass is 10.1. The van der Waals surface area contributed by atoms with E-state index in [0.717, 1.165) is 24.2 Å². The molecule has 0 aliphatic heterocycles. The van der Waals surface area contributed by atoms with Crippen molar-refractivity contribution in [3.8, 4) is 5.75 Å². The highest BCUT2D eigenvalue weighted by Gasteiger charge is 2.23. The van der Waals surface area contributed by atoms with Gasteiger partial charge in [0, 0.05) is 12.5 Å². The summed E-state index contributed by atoms with van der Waals surface area (Å²) in [5.74, 6) is 7.62. The summed E-state index contributed by atoms with van der Waals surface area (Å²) in [5.41, 5.74) is 1.06. The maximum atomic E-state index is 12.3. The normalized spacial score (nSPS) is 15.8. The molecular formula is C18H25N5O2S. The summed E-state index contributed by atoms with van der Waals surface area (Å²) in [5, 5.41) is 11.7. The predicted molar refractivity (Wildman–Crippen MR) is 102 cm³/mol. The minimum Gasteiger partial charge on any atom is -0.497 e. The quantitative estimate of drug-likeness (QED) is 0.569. The summed E-state index contributed by atoms with van der Waals surface area (Å²) >= 11 is 1.33. The molecule has 0 unspecified atom stereocenters. The van der Waals surface area contributed by atoms with Gasteiger partial charge in [-0.05, 0) is 37.5 Å². The zero-order valence-electron chi connectivity index (χ0n) is 15.1. The number of nitrogens with zero attached hydrogens (tertiary/aromatic N) is 3. The fourth-order valence-corrected chi connectivity index (χ4v) is 3.83. The van der Waals surface area contributed by atoms with Gasteiger partial charge in [0.25, 0.3) is 0 Å². The zero-order chi connectivity index (χ0) is 18.5. The number of nitrogen functional groups attached to an aromatic ring is 1. The van der Waals surface area contributed by atoms with Gasteiger partial charge >= 0.3 is 0 Å². The Labute approximate surface area is 157 Å². The molecule has 1 saturated carbocycles. The molecule has 0 bridgehead atoms. The molecule has 1 atom stereocenters. The first-order valence-electron chi connectivity index (χ1n) is 8.86. The van der Waals surface area contributed by atoms with E-state index in [9.17, 15) is 4.79 Å². The monoisotopic (exact) mass is 375 g/mol. The molecule has 8 heteroatoms. The first kappa shape index (κ1) is 18.6. The minimum atomic E-state index is -0.268. The highest BCUT2D eigenvalue weighted by Crippen LogP contribution is 2.23. The van der Waals surface area contributed by atoms with Crippen LogP contribution in [0.25, 0.3) is 0 Å². The number of rotatable bonds is 7. The second kappa shape index (κ2) is 8.44. The van der Waals surface area contributed by atoms with Gasteiger partial charge in [0.05, 0.1) is 12.4 Å². The number of carbonyl (C=O) groups is 1. The summed E-state index contributed by atoms with van der Waals surface area (Å²) in [4.78, 5) is 12.3. The maximum Gasteiger partial charge on any atom is 0.233 e. The number of ether oxygens (including phenoxy) is 1. The molecule has 1 amide bonds. The van der Waals surface area contributed by atoms with Crippen molar-refractivity contribution >= 4 is 17.7 Å². The van der Waals surface area contributed by atoms with E-state index in [-0.39, 0.29) is 11.2 Å².